The average Bonchev–Trinajstić information content (AvgIpc) is 2.52. The summed E-state index contributed by atoms with van der Waals surface area (Å²) in [5.41, 5.74) is 0.0180. The van der Waals surface area contributed by atoms with Crippen LogP contribution in [-0.4, -0.2) is 25.2 Å². The van der Waals surface area contributed by atoms with Gasteiger partial charge in [-0.3, -0.25) is 4.79 Å². The molecule has 7 heteroatoms. The monoisotopic (exact) mass is 337 g/mol. The normalized spacial score (nSPS) is 11.7. The van der Waals surface area contributed by atoms with E-state index in [2.05, 4.69) is 5.32 Å². The third-order valence-corrected chi connectivity index (χ3v) is 3.52. The van der Waals surface area contributed by atoms with E-state index in [-0.39, 0.29) is 0 Å². The van der Waals surface area contributed by atoms with Crippen LogP contribution in [0.25, 0.3) is 0 Å². The first-order valence-corrected chi connectivity index (χ1v) is 7.08. The first kappa shape index (κ1) is 17.5. The zero-order valence-corrected chi connectivity index (χ0v) is 13.4. The van der Waals surface area contributed by atoms with Crippen molar-refractivity contribution >= 4 is 5.91 Å². The summed E-state index contributed by atoms with van der Waals surface area (Å²) in [5.74, 6) is -2.68. The number of amides is 1. The first-order chi connectivity index (χ1) is 11.4. The average molecular weight is 337 g/mol. The summed E-state index contributed by atoms with van der Waals surface area (Å²) in [7, 11) is 2.98. The fourth-order valence-electron chi connectivity index (χ4n) is 2.31. The molecule has 0 fully saturated rings. The number of halogens is 2. The Morgan fingerprint density at radius 3 is 2.46 bits per heavy atom. The predicted molar refractivity (Wildman–Crippen MR) is 83.5 cm³/mol. The van der Waals surface area contributed by atoms with Crippen LogP contribution in [-0.2, 0) is 0 Å². The van der Waals surface area contributed by atoms with Crippen molar-refractivity contribution < 1.29 is 28.2 Å². The number of methoxy groups -OCH3 is 2. The van der Waals surface area contributed by atoms with E-state index in [4.69, 9.17) is 9.47 Å². The standard InChI is InChI=1S/C17H17F2NO4/c1-9(12-5-4-11(23-2)8-15(12)24-3)20-17(22)16-13(19)6-10(18)7-14(16)21/h4-9,21H,1-3H3,(H,20,22)/t9-/m0/s1. The number of carbonyl (C=O) groups is 1. The second kappa shape index (κ2) is 7.16. The lowest BCUT2D eigenvalue weighted by Gasteiger charge is -2.18. The summed E-state index contributed by atoms with van der Waals surface area (Å²) >= 11 is 0. The Kier molecular flexibility index (Phi) is 5.23. The van der Waals surface area contributed by atoms with Gasteiger partial charge in [-0.05, 0) is 19.1 Å². The molecule has 0 radical (unpaired) electrons. The largest absolute Gasteiger partial charge is 0.507 e. The van der Waals surface area contributed by atoms with E-state index in [0.717, 1.165) is 0 Å². The van der Waals surface area contributed by atoms with E-state index in [9.17, 15) is 18.7 Å². The molecule has 2 rings (SSSR count). The second-order valence-electron chi connectivity index (χ2n) is 5.08. The van der Waals surface area contributed by atoms with Crippen molar-refractivity contribution in [2.24, 2.45) is 0 Å². The van der Waals surface area contributed by atoms with Crippen molar-refractivity contribution in [2.45, 2.75) is 13.0 Å². The molecule has 0 aliphatic carbocycles. The molecule has 0 bridgehead atoms. The number of carbonyl (C=O) groups excluding carboxylic acids is 1. The van der Waals surface area contributed by atoms with Crippen LogP contribution in [0.15, 0.2) is 30.3 Å². The van der Waals surface area contributed by atoms with Gasteiger partial charge in [-0.2, -0.15) is 0 Å². The molecule has 0 aliphatic rings. The van der Waals surface area contributed by atoms with E-state index in [1.807, 2.05) is 0 Å². The van der Waals surface area contributed by atoms with Gasteiger partial charge in [0.15, 0.2) is 0 Å². The molecule has 24 heavy (non-hydrogen) atoms. The number of benzene rings is 2. The summed E-state index contributed by atoms with van der Waals surface area (Å²) in [4.78, 5) is 12.2. The molecule has 2 N–H and O–H groups in total. The molecule has 0 spiro atoms. The number of phenolic OH excluding ortho intramolecular Hbond substituents is 1. The Bertz CT molecular complexity index is 741. The lowest BCUT2D eigenvalue weighted by molar-refractivity contribution is 0.0932. The van der Waals surface area contributed by atoms with E-state index < -0.39 is 34.9 Å². The molecule has 1 amide bonds. The van der Waals surface area contributed by atoms with E-state index in [1.54, 1.807) is 25.1 Å². The van der Waals surface area contributed by atoms with Crippen molar-refractivity contribution in [3.63, 3.8) is 0 Å². The number of rotatable bonds is 5. The SMILES string of the molecule is COc1ccc([C@H](C)NC(=O)c2c(O)cc(F)cc2F)c(OC)c1. The summed E-state index contributed by atoms with van der Waals surface area (Å²) in [6, 6.07) is 5.69. The maximum Gasteiger partial charge on any atom is 0.258 e. The molecule has 0 heterocycles. The molecule has 0 unspecified atom stereocenters. The topological polar surface area (TPSA) is 67.8 Å². The molecule has 2 aromatic rings. The van der Waals surface area contributed by atoms with Gasteiger partial charge in [0.05, 0.1) is 20.3 Å². The fourth-order valence-corrected chi connectivity index (χ4v) is 2.31. The highest BCUT2D eigenvalue weighted by atomic mass is 19.1. The van der Waals surface area contributed by atoms with Crippen LogP contribution in [0.1, 0.15) is 28.9 Å². The van der Waals surface area contributed by atoms with Crippen LogP contribution in [0.5, 0.6) is 17.2 Å². The zero-order valence-electron chi connectivity index (χ0n) is 13.4. The van der Waals surface area contributed by atoms with Gasteiger partial charge in [0.25, 0.3) is 5.91 Å². The van der Waals surface area contributed by atoms with Crippen molar-refractivity contribution in [3.8, 4) is 17.2 Å². The number of nitrogens with one attached hydrogen (secondary N) is 1. The summed E-state index contributed by atoms with van der Waals surface area (Å²) in [6.45, 7) is 1.67. The number of phenols is 1. The lowest BCUT2D eigenvalue weighted by atomic mass is 10.1. The van der Waals surface area contributed by atoms with Crippen molar-refractivity contribution in [2.75, 3.05) is 14.2 Å². The molecule has 0 saturated heterocycles. The van der Waals surface area contributed by atoms with Crippen molar-refractivity contribution in [3.05, 3.63) is 53.1 Å². The number of aromatic hydroxyl groups is 1. The van der Waals surface area contributed by atoms with Gasteiger partial charge in [0.2, 0.25) is 0 Å². The zero-order chi connectivity index (χ0) is 17.9. The molecule has 2 aromatic carbocycles. The van der Waals surface area contributed by atoms with Gasteiger partial charge < -0.3 is 19.9 Å². The molecule has 1 atom stereocenters. The number of hydrogen-bond acceptors (Lipinski definition) is 4. The number of hydrogen-bond donors (Lipinski definition) is 2. The third-order valence-electron chi connectivity index (χ3n) is 3.52. The highest BCUT2D eigenvalue weighted by Crippen LogP contribution is 2.30. The summed E-state index contributed by atoms with van der Waals surface area (Å²) < 4.78 is 37.1. The van der Waals surface area contributed by atoms with Gasteiger partial charge in [-0.25, -0.2) is 8.78 Å². The van der Waals surface area contributed by atoms with E-state index in [1.165, 1.54) is 14.2 Å². The van der Waals surface area contributed by atoms with Crippen LogP contribution in [0.2, 0.25) is 0 Å². The molecular weight excluding hydrogens is 320 g/mol. The van der Waals surface area contributed by atoms with Crippen LogP contribution in [0.3, 0.4) is 0 Å². The summed E-state index contributed by atoms with van der Waals surface area (Å²) in [5, 5.41) is 12.2. The Hall–Kier alpha value is -2.83. The highest BCUT2D eigenvalue weighted by molar-refractivity contribution is 5.97. The van der Waals surface area contributed by atoms with Crippen LogP contribution in [0.4, 0.5) is 8.78 Å². The van der Waals surface area contributed by atoms with Crippen LogP contribution in [0, 0.1) is 11.6 Å². The minimum Gasteiger partial charge on any atom is -0.507 e. The van der Waals surface area contributed by atoms with Gasteiger partial charge in [0, 0.05) is 23.8 Å². The minimum absolute atomic E-state index is 0.478. The summed E-state index contributed by atoms with van der Waals surface area (Å²) in [6.07, 6.45) is 0. The van der Waals surface area contributed by atoms with Gasteiger partial charge >= 0.3 is 0 Å². The molecule has 0 aromatic heterocycles. The van der Waals surface area contributed by atoms with Crippen LogP contribution >= 0.6 is 0 Å². The fraction of sp³-hybridized carbons (Fsp3) is 0.235. The van der Waals surface area contributed by atoms with Gasteiger partial charge in [-0.1, -0.05) is 0 Å². The quantitative estimate of drug-likeness (QED) is 0.879. The maximum atomic E-state index is 13.8. The molecular formula is C17H17F2NO4. The maximum absolute atomic E-state index is 13.8. The van der Waals surface area contributed by atoms with Crippen molar-refractivity contribution in [1.82, 2.24) is 5.32 Å². The van der Waals surface area contributed by atoms with E-state index >= 15 is 0 Å². The number of ether oxygens (including phenoxy) is 2. The molecule has 0 aliphatic heterocycles. The Labute approximate surface area is 137 Å². The van der Waals surface area contributed by atoms with Crippen LogP contribution < -0.4 is 14.8 Å². The lowest BCUT2D eigenvalue weighted by Crippen LogP contribution is -2.28. The first-order valence-electron chi connectivity index (χ1n) is 7.08. The Balaban J connectivity index is 2.27. The molecule has 0 saturated carbocycles. The van der Waals surface area contributed by atoms with Gasteiger partial charge in [-0.15, -0.1) is 0 Å². The minimum atomic E-state index is -1.14. The smallest absolute Gasteiger partial charge is 0.258 e. The Morgan fingerprint density at radius 1 is 1.17 bits per heavy atom. The third kappa shape index (κ3) is 3.56. The van der Waals surface area contributed by atoms with E-state index in [0.29, 0.717) is 29.2 Å². The van der Waals surface area contributed by atoms with Crippen molar-refractivity contribution in [1.29, 1.82) is 0 Å². The predicted octanol–water partition coefficient (Wildman–Crippen LogP) is 3.18. The Morgan fingerprint density at radius 2 is 1.88 bits per heavy atom. The second-order valence-corrected chi connectivity index (χ2v) is 5.08. The molecule has 128 valence electrons. The highest BCUT2D eigenvalue weighted by Gasteiger charge is 2.22. The van der Waals surface area contributed by atoms with Gasteiger partial charge in [0.1, 0.15) is 34.4 Å². The molecule has 5 nitrogen and oxygen atoms in total.